The third-order valence-electron chi connectivity index (χ3n) is 4.03. The van der Waals surface area contributed by atoms with Gasteiger partial charge in [0, 0.05) is 36.2 Å². The van der Waals surface area contributed by atoms with Crippen LogP contribution >= 0.6 is 11.8 Å². The Balaban J connectivity index is 2.21. The Morgan fingerprint density at radius 3 is 2.37 bits per heavy atom. The molecule has 3 heteroatoms. The number of nitrogens with two attached hydrogens (primary N) is 1. The lowest BCUT2D eigenvalue weighted by Gasteiger charge is -2.39. The number of aryl methyl sites for hydroxylation is 2. The molecule has 2 rings (SSSR count). The minimum absolute atomic E-state index is 0.366. The van der Waals surface area contributed by atoms with E-state index in [0.717, 1.165) is 13.1 Å². The van der Waals surface area contributed by atoms with E-state index in [0.29, 0.717) is 23.1 Å². The van der Waals surface area contributed by atoms with Crippen LogP contribution in [0.1, 0.15) is 36.6 Å². The third-order valence-corrected chi connectivity index (χ3v) is 5.25. The van der Waals surface area contributed by atoms with E-state index in [4.69, 9.17) is 5.73 Å². The van der Waals surface area contributed by atoms with Crippen molar-refractivity contribution in [2.45, 2.75) is 44.2 Å². The molecule has 1 aliphatic heterocycles. The molecule has 0 saturated carbocycles. The molecule has 3 unspecified atom stereocenters. The summed E-state index contributed by atoms with van der Waals surface area (Å²) in [5.41, 5.74) is 10.2. The Labute approximate surface area is 121 Å². The van der Waals surface area contributed by atoms with Gasteiger partial charge in [-0.1, -0.05) is 32.0 Å². The fourth-order valence-electron chi connectivity index (χ4n) is 2.94. The van der Waals surface area contributed by atoms with Crippen molar-refractivity contribution in [2.75, 3.05) is 19.6 Å². The number of nitrogens with zero attached hydrogens (tertiary/aromatic N) is 1. The first kappa shape index (κ1) is 14.9. The molecule has 1 aliphatic rings. The molecule has 1 aromatic rings. The van der Waals surface area contributed by atoms with Crippen LogP contribution in [0.2, 0.25) is 0 Å². The summed E-state index contributed by atoms with van der Waals surface area (Å²) in [7, 11) is 0. The Morgan fingerprint density at radius 2 is 1.84 bits per heavy atom. The van der Waals surface area contributed by atoms with Crippen molar-refractivity contribution >= 4 is 11.8 Å². The van der Waals surface area contributed by atoms with Crippen LogP contribution in [-0.2, 0) is 0 Å². The van der Waals surface area contributed by atoms with Gasteiger partial charge in [-0.2, -0.15) is 11.8 Å². The molecule has 19 heavy (non-hydrogen) atoms. The minimum Gasteiger partial charge on any atom is -0.329 e. The smallest absolute Gasteiger partial charge is 0.0471 e. The maximum absolute atomic E-state index is 6.07. The van der Waals surface area contributed by atoms with Crippen LogP contribution in [0.5, 0.6) is 0 Å². The number of hydrogen-bond acceptors (Lipinski definition) is 3. The fraction of sp³-hybridized carbons (Fsp3) is 0.625. The Kier molecular flexibility index (Phi) is 4.93. The highest BCUT2D eigenvalue weighted by Crippen LogP contribution is 2.31. The summed E-state index contributed by atoms with van der Waals surface area (Å²) >= 11 is 2.09. The van der Waals surface area contributed by atoms with Crippen molar-refractivity contribution in [3.05, 3.63) is 34.9 Å². The number of benzene rings is 1. The third kappa shape index (κ3) is 3.53. The Hall–Kier alpha value is -0.510. The van der Waals surface area contributed by atoms with Crippen molar-refractivity contribution in [3.63, 3.8) is 0 Å². The monoisotopic (exact) mass is 278 g/mol. The molecule has 2 N–H and O–H groups in total. The summed E-state index contributed by atoms with van der Waals surface area (Å²) in [5, 5.41) is 1.40. The lowest BCUT2D eigenvalue weighted by atomic mass is 9.99. The van der Waals surface area contributed by atoms with Crippen LogP contribution in [0.15, 0.2) is 18.2 Å². The highest BCUT2D eigenvalue weighted by Gasteiger charge is 2.28. The van der Waals surface area contributed by atoms with Crippen LogP contribution in [0.4, 0.5) is 0 Å². The van der Waals surface area contributed by atoms with Crippen LogP contribution in [0.25, 0.3) is 0 Å². The molecule has 0 spiro atoms. The van der Waals surface area contributed by atoms with Crippen molar-refractivity contribution in [1.82, 2.24) is 4.90 Å². The van der Waals surface area contributed by atoms with Crippen LogP contribution in [0, 0.1) is 13.8 Å². The summed E-state index contributed by atoms with van der Waals surface area (Å²) in [5.74, 6) is 0. The lowest BCUT2D eigenvalue weighted by molar-refractivity contribution is 0.199. The van der Waals surface area contributed by atoms with Crippen LogP contribution in [0.3, 0.4) is 0 Å². The number of thioether (sulfide) groups is 1. The van der Waals surface area contributed by atoms with E-state index in [1.165, 1.54) is 16.7 Å². The highest BCUT2D eigenvalue weighted by atomic mass is 32.2. The van der Waals surface area contributed by atoms with Crippen molar-refractivity contribution in [1.29, 1.82) is 0 Å². The number of rotatable bonds is 3. The number of hydrogen-bond donors (Lipinski definition) is 1. The van der Waals surface area contributed by atoms with Gasteiger partial charge in [-0.15, -0.1) is 0 Å². The molecule has 0 aromatic heterocycles. The van der Waals surface area contributed by atoms with Gasteiger partial charge in [0.05, 0.1) is 0 Å². The zero-order valence-electron chi connectivity index (χ0n) is 12.5. The Morgan fingerprint density at radius 1 is 1.21 bits per heavy atom. The van der Waals surface area contributed by atoms with E-state index in [2.05, 4.69) is 62.6 Å². The quantitative estimate of drug-likeness (QED) is 0.921. The summed E-state index contributed by atoms with van der Waals surface area (Å²) < 4.78 is 0. The molecule has 0 aliphatic carbocycles. The van der Waals surface area contributed by atoms with E-state index in [9.17, 15) is 0 Å². The second-order valence-electron chi connectivity index (χ2n) is 5.81. The van der Waals surface area contributed by atoms with E-state index in [1.54, 1.807) is 0 Å². The fourth-order valence-corrected chi connectivity index (χ4v) is 4.29. The van der Waals surface area contributed by atoms with E-state index in [-0.39, 0.29) is 0 Å². The SMILES string of the molecule is Cc1ccc(C(CN)N2CC(C)SC(C)C2)cc1C. The molecule has 0 radical (unpaired) electrons. The lowest BCUT2D eigenvalue weighted by Crippen LogP contribution is -2.44. The van der Waals surface area contributed by atoms with Crippen molar-refractivity contribution in [2.24, 2.45) is 5.73 Å². The molecule has 0 bridgehead atoms. The average molecular weight is 278 g/mol. The molecular formula is C16H26N2S. The first-order valence-electron chi connectivity index (χ1n) is 7.18. The average Bonchev–Trinajstić information content (AvgIpc) is 2.33. The van der Waals surface area contributed by atoms with E-state index in [1.807, 2.05) is 0 Å². The molecule has 1 aromatic carbocycles. The molecule has 3 atom stereocenters. The van der Waals surface area contributed by atoms with Gasteiger partial charge in [0.25, 0.3) is 0 Å². The topological polar surface area (TPSA) is 29.3 Å². The second-order valence-corrected chi connectivity index (χ2v) is 7.69. The van der Waals surface area contributed by atoms with E-state index < -0.39 is 0 Å². The van der Waals surface area contributed by atoms with Crippen LogP contribution in [-0.4, -0.2) is 35.0 Å². The van der Waals surface area contributed by atoms with Gasteiger partial charge >= 0.3 is 0 Å². The van der Waals surface area contributed by atoms with Gasteiger partial charge in [0.2, 0.25) is 0 Å². The molecule has 1 saturated heterocycles. The summed E-state index contributed by atoms with van der Waals surface area (Å²) in [6.45, 7) is 12.0. The van der Waals surface area contributed by atoms with Crippen LogP contribution < -0.4 is 5.73 Å². The zero-order valence-corrected chi connectivity index (χ0v) is 13.3. The predicted octanol–water partition coefficient (Wildman–Crippen LogP) is 3.13. The molecule has 1 heterocycles. The summed E-state index contributed by atoms with van der Waals surface area (Å²) in [6.07, 6.45) is 0. The maximum atomic E-state index is 6.07. The molecule has 1 fully saturated rings. The van der Waals surface area contributed by atoms with Gasteiger partial charge in [0.1, 0.15) is 0 Å². The van der Waals surface area contributed by atoms with Crippen molar-refractivity contribution < 1.29 is 0 Å². The molecular weight excluding hydrogens is 252 g/mol. The Bertz CT molecular complexity index is 423. The molecule has 106 valence electrons. The van der Waals surface area contributed by atoms with Gasteiger partial charge in [-0.3, -0.25) is 4.90 Å². The maximum Gasteiger partial charge on any atom is 0.0471 e. The summed E-state index contributed by atoms with van der Waals surface area (Å²) in [4.78, 5) is 2.57. The zero-order chi connectivity index (χ0) is 14.0. The van der Waals surface area contributed by atoms with Crippen molar-refractivity contribution in [3.8, 4) is 0 Å². The van der Waals surface area contributed by atoms with Gasteiger partial charge in [-0.25, -0.2) is 0 Å². The van der Waals surface area contributed by atoms with Gasteiger partial charge in [-0.05, 0) is 30.5 Å². The first-order chi connectivity index (χ1) is 9.01. The predicted molar refractivity (Wildman–Crippen MR) is 85.8 cm³/mol. The largest absolute Gasteiger partial charge is 0.329 e. The van der Waals surface area contributed by atoms with Gasteiger partial charge < -0.3 is 5.73 Å². The minimum atomic E-state index is 0.366. The first-order valence-corrected chi connectivity index (χ1v) is 8.12. The van der Waals surface area contributed by atoms with E-state index >= 15 is 0 Å². The second kappa shape index (κ2) is 6.29. The van der Waals surface area contributed by atoms with Gasteiger partial charge in [0.15, 0.2) is 0 Å². The molecule has 2 nitrogen and oxygen atoms in total. The summed E-state index contributed by atoms with van der Waals surface area (Å²) in [6, 6.07) is 7.14. The normalized spacial score (nSPS) is 26.4. The molecule has 0 amide bonds. The highest BCUT2D eigenvalue weighted by molar-refractivity contribution is 8.00. The standard InChI is InChI=1S/C16H26N2S/c1-11-5-6-15(7-12(11)2)16(8-17)18-9-13(3)19-14(4)10-18/h5-7,13-14,16H,8-10,17H2,1-4H3.